The Balaban J connectivity index is 2.57. The van der Waals surface area contributed by atoms with Gasteiger partial charge in [-0.1, -0.05) is 25.1 Å². The quantitative estimate of drug-likeness (QED) is 0.602. The second kappa shape index (κ2) is 3.81. The highest BCUT2D eigenvalue weighted by atomic mass is 16.6. The van der Waals surface area contributed by atoms with E-state index in [1.807, 2.05) is 0 Å². The van der Waals surface area contributed by atoms with E-state index in [1.54, 1.807) is 25.1 Å². The minimum Gasteiger partial charge on any atom is -0.370 e. The summed E-state index contributed by atoms with van der Waals surface area (Å²) in [4.78, 5) is 22.1. The highest BCUT2D eigenvalue weighted by molar-refractivity contribution is 6.05. The first-order valence-electron chi connectivity index (χ1n) is 5.28. The fourth-order valence-electron chi connectivity index (χ4n) is 2.19. The summed E-state index contributed by atoms with van der Waals surface area (Å²) in [6.45, 7) is 1.57. The van der Waals surface area contributed by atoms with E-state index in [4.69, 9.17) is 0 Å². The summed E-state index contributed by atoms with van der Waals surface area (Å²) in [7, 11) is 0. The van der Waals surface area contributed by atoms with Crippen LogP contribution in [-0.2, 0) is 10.4 Å². The molecule has 2 N–H and O–H groups in total. The number of carbonyl (C=O) groups is 1. The normalized spacial score (nSPS) is 24.0. The standard InChI is InChI=1S/C11H12N2O4/c1-2-9(13(16)17)11(15)7-5-3-4-6-8(7)12-10(11)14/h3-6,9,15H,2H2,1H3,(H,12,14)/t9-,11+/m0/s1. The molecule has 0 saturated carbocycles. The molecule has 0 aromatic heterocycles. The summed E-state index contributed by atoms with van der Waals surface area (Å²) in [6, 6.07) is 5.12. The monoisotopic (exact) mass is 236 g/mol. The molecule has 1 amide bonds. The van der Waals surface area contributed by atoms with Crippen LogP contribution in [0.5, 0.6) is 0 Å². The molecule has 2 rings (SSSR count). The molecule has 90 valence electrons. The zero-order valence-corrected chi connectivity index (χ0v) is 9.21. The fraction of sp³-hybridized carbons (Fsp3) is 0.364. The summed E-state index contributed by atoms with van der Waals surface area (Å²) >= 11 is 0. The van der Waals surface area contributed by atoms with Crippen LogP contribution < -0.4 is 5.32 Å². The van der Waals surface area contributed by atoms with E-state index in [9.17, 15) is 20.0 Å². The first kappa shape index (κ1) is 11.5. The minimum absolute atomic E-state index is 0.0747. The maximum absolute atomic E-state index is 11.8. The topological polar surface area (TPSA) is 92.5 Å². The molecule has 1 aromatic rings. The lowest BCUT2D eigenvalue weighted by atomic mass is 9.86. The van der Waals surface area contributed by atoms with E-state index in [0.29, 0.717) is 5.69 Å². The molecule has 0 unspecified atom stereocenters. The van der Waals surface area contributed by atoms with Gasteiger partial charge in [-0.05, 0) is 6.07 Å². The van der Waals surface area contributed by atoms with E-state index in [1.165, 1.54) is 6.07 Å². The van der Waals surface area contributed by atoms with Gasteiger partial charge in [0, 0.05) is 22.6 Å². The highest BCUT2D eigenvalue weighted by Crippen LogP contribution is 2.39. The smallest absolute Gasteiger partial charge is 0.268 e. The number of aliphatic hydroxyl groups is 1. The van der Waals surface area contributed by atoms with Gasteiger partial charge in [0.05, 0.1) is 0 Å². The van der Waals surface area contributed by atoms with Gasteiger partial charge in [-0.2, -0.15) is 0 Å². The number of fused-ring (bicyclic) bond motifs is 1. The number of hydrogen-bond acceptors (Lipinski definition) is 4. The maximum Gasteiger partial charge on any atom is 0.268 e. The van der Waals surface area contributed by atoms with Crippen LogP contribution in [0.15, 0.2) is 24.3 Å². The molecule has 2 atom stereocenters. The highest BCUT2D eigenvalue weighted by Gasteiger charge is 2.56. The van der Waals surface area contributed by atoms with Crippen LogP contribution in [0.3, 0.4) is 0 Å². The first-order valence-corrected chi connectivity index (χ1v) is 5.28. The van der Waals surface area contributed by atoms with Gasteiger partial charge in [0.2, 0.25) is 5.60 Å². The summed E-state index contributed by atoms with van der Waals surface area (Å²) in [5.41, 5.74) is -1.37. The predicted octanol–water partition coefficient (Wildman–Crippen LogP) is 0.882. The maximum atomic E-state index is 11.8. The lowest BCUT2D eigenvalue weighted by molar-refractivity contribution is -0.543. The number of nitrogens with one attached hydrogen (secondary N) is 1. The predicted molar refractivity (Wildman–Crippen MR) is 60.0 cm³/mol. The van der Waals surface area contributed by atoms with Gasteiger partial charge in [-0.3, -0.25) is 14.9 Å². The molecule has 0 aliphatic carbocycles. The molecule has 0 spiro atoms. The minimum atomic E-state index is -2.07. The Morgan fingerprint density at radius 3 is 2.76 bits per heavy atom. The van der Waals surface area contributed by atoms with Crippen molar-refractivity contribution in [3.05, 3.63) is 39.9 Å². The number of carbonyl (C=O) groups excluding carboxylic acids is 1. The molecule has 6 nitrogen and oxygen atoms in total. The molecule has 1 heterocycles. The van der Waals surface area contributed by atoms with Gasteiger partial charge < -0.3 is 10.4 Å². The third-order valence-corrected chi connectivity index (χ3v) is 3.06. The Hall–Kier alpha value is -1.95. The van der Waals surface area contributed by atoms with Crippen molar-refractivity contribution in [2.24, 2.45) is 0 Å². The van der Waals surface area contributed by atoms with E-state index in [0.717, 1.165) is 0 Å². The first-order chi connectivity index (χ1) is 8.01. The molecule has 1 aliphatic heterocycles. The third-order valence-electron chi connectivity index (χ3n) is 3.06. The molecular weight excluding hydrogens is 224 g/mol. The Morgan fingerprint density at radius 1 is 1.53 bits per heavy atom. The van der Waals surface area contributed by atoms with Crippen molar-refractivity contribution < 1.29 is 14.8 Å². The van der Waals surface area contributed by atoms with E-state index in [2.05, 4.69) is 5.32 Å². The Labute approximate surface area is 97.4 Å². The molecule has 0 radical (unpaired) electrons. The van der Waals surface area contributed by atoms with Crippen LogP contribution >= 0.6 is 0 Å². The summed E-state index contributed by atoms with van der Waals surface area (Å²) < 4.78 is 0. The van der Waals surface area contributed by atoms with E-state index < -0.39 is 22.5 Å². The number of amides is 1. The van der Waals surface area contributed by atoms with E-state index >= 15 is 0 Å². The number of rotatable bonds is 3. The number of para-hydroxylation sites is 1. The van der Waals surface area contributed by atoms with Crippen LogP contribution in [0.1, 0.15) is 18.9 Å². The van der Waals surface area contributed by atoms with Crippen molar-refractivity contribution >= 4 is 11.6 Å². The third kappa shape index (κ3) is 1.49. The largest absolute Gasteiger partial charge is 0.370 e. The summed E-state index contributed by atoms with van der Waals surface area (Å²) in [6.07, 6.45) is 0.0747. The van der Waals surface area contributed by atoms with Crippen molar-refractivity contribution in [3.8, 4) is 0 Å². The van der Waals surface area contributed by atoms with Crippen LogP contribution in [0, 0.1) is 10.1 Å². The summed E-state index contributed by atoms with van der Waals surface area (Å²) in [5, 5.41) is 23.8. The van der Waals surface area contributed by atoms with E-state index in [-0.39, 0.29) is 12.0 Å². The average Bonchev–Trinajstić information content (AvgIpc) is 2.53. The SMILES string of the molecule is CC[C@H]([N+](=O)[O-])[C@@]1(O)C(=O)Nc2ccccc21. The number of hydrogen-bond donors (Lipinski definition) is 2. The van der Waals surface area contributed by atoms with Gasteiger partial charge in [-0.15, -0.1) is 0 Å². The van der Waals surface area contributed by atoms with Crippen LogP contribution in [0.25, 0.3) is 0 Å². The second-order valence-electron chi connectivity index (χ2n) is 3.98. The van der Waals surface area contributed by atoms with Crippen molar-refractivity contribution in [1.29, 1.82) is 0 Å². The molecule has 1 aromatic carbocycles. The second-order valence-corrected chi connectivity index (χ2v) is 3.98. The molecule has 0 fully saturated rings. The molecule has 0 bridgehead atoms. The molecule has 17 heavy (non-hydrogen) atoms. The van der Waals surface area contributed by atoms with Crippen molar-refractivity contribution in [3.63, 3.8) is 0 Å². The van der Waals surface area contributed by atoms with Gasteiger partial charge in [0.1, 0.15) is 0 Å². The van der Waals surface area contributed by atoms with Gasteiger partial charge in [0.25, 0.3) is 11.9 Å². The van der Waals surface area contributed by atoms with Crippen LogP contribution in [0.2, 0.25) is 0 Å². The van der Waals surface area contributed by atoms with Gasteiger partial charge >= 0.3 is 0 Å². The molecule has 1 aliphatic rings. The van der Waals surface area contributed by atoms with Crippen molar-refractivity contribution in [1.82, 2.24) is 0 Å². The summed E-state index contributed by atoms with van der Waals surface area (Å²) in [5.74, 6) is -0.734. The molecule has 6 heteroatoms. The lowest BCUT2D eigenvalue weighted by Gasteiger charge is -2.23. The number of nitro groups is 1. The number of anilines is 1. The van der Waals surface area contributed by atoms with Crippen molar-refractivity contribution in [2.75, 3.05) is 5.32 Å². The van der Waals surface area contributed by atoms with Gasteiger partial charge in [-0.25, -0.2) is 0 Å². The zero-order valence-electron chi connectivity index (χ0n) is 9.21. The van der Waals surface area contributed by atoms with Gasteiger partial charge in [0.15, 0.2) is 0 Å². The zero-order chi connectivity index (χ0) is 12.6. The number of benzene rings is 1. The van der Waals surface area contributed by atoms with Crippen LogP contribution in [0.4, 0.5) is 5.69 Å². The Bertz CT molecular complexity index is 488. The molecule has 0 saturated heterocycles. The molecular formula is C11H12N2O4. The average molecular weight is 236 g/mol. The number of nitrogens with zero attached hydrogens (tertiary/aromatic N) is 1. The Morgan fingerprint density at radius 2 is 2.18 bits per heavy atom. The lowest BCUT2D eigenvalue weighted by Crippen LogP contribution is -2.49. The van der Waals surface area contributed by atoms with Crippen LogP contribution in [-0.4, -0.2) is 22.0 Å². The Kier molecular flexibility index (Phi) is 2.59. The fourth-order valence-corrected chi connectivity index (χ4v) is 2.19. The van der Waals surface area contributed by atoms with Crippen molar-refractivity contribution in [2.45, 2.75) is 25.0 Å².